The summed E-state index contributed by atoms with van der Waals surface area (Å²) in [4.78, 5) is 12.5. The van der Waals surface area contributed by atoms with Crippen molar-refractivity contribution in [2.24, 2.45) is 0 Å². The van der Waals surface area contributed by atoms with Gasteiger partial charge >= 0.3 is 0 Å². The molecule has 4 N–H and O–H groups in total. The van der Waals surface area contributed by atoms with Crippen LogP contribution in [0.5, 0.6) is 0 Å². The van der Waals surface area contributed by atoms with Gasteiger partial charge < -0.3 is 20.6 Å². The van der Waals surface area contributed by atoms with Crippen molar-refractivity contribution in [3.8, 4) is 0 Å². The number of aliphatic hydroxyl groups excluding tert-OH is 3. The predicted molar refractivity (Wildman–Crippen MR) is 222 cm³/mol. The number of carbonyl (C=O) groups is 1. The van der Waals surface area contributed by atoms with Crippen molar-refractivity contribution in [1.29, 1.82) is 0 Å². The summed E-state index contributed by atoms with van der Waals surface area (Å²) in [6.45, 7) is 4.18. The molecule has 0 aromatic heterocycles. The zero-order valence-electron chi connectivity index (χ0n) is 34.2. The topological polar surface area (TPSA) is 89.8 Å². The lowest BCUT2D eigenvalue weighted by Gasteiger charge is -2.21. The molecule has 5 heteroatoms. The Bertz CT molecular complexity index is 754. The Kier molecular flexibility index (Phi) is 40.6. The lowest BCUT2D eigenvalue weighted by Crippen LogP contribution is -2.48. The summed E-state index contributed by atoms with van der Waals surface area (Å²) >= 11 is 0. The normalized spacial score (nSPS) is 13.7. The second kappa shape index (κ2) is 41.6. The SMILES string of the molecule is CCCCCCCCCCCCCCCCC/C=C/CC/C=C/C(O)C(CO)NC(=O)C(O)CCCCCCCCCCCCCCCCCC. The lowest BCUT2D eigenvalue weighted by molar-refractivity contribution is -0.131. The van der Waals surface area contributed by atoms with E-state index in [1.807, 2.05) is 6.08 Å². The Hall–Kier alpha value is -1.17. The fraction of sp³-hybridized carbons (Fsp3) is 0.891. The summed E-state index contributed by atoms with van der Waals surface area (Å²) in [6, 6.07) is -0.810. The van der Waals surface area contributed by atoms with E-state index in [4.69, 9.17) is 0 Å². The van der Waals surface area contributed by atoms with E-state index < -0.39 is 24.2 Å². The quantitative estimate of drug-likeness (QED) is 0.0374. The Balaban J connectivity index is 3.68. The molecule has 51 heavy (non-hydrogen) atoms. The van der Waals surface area contributed by atoms with E-state index in [1.165, 1.54) is 180 Å². The average molecular weight is 720 g/mol. The Morgan fingerprint density at radius 1 is 0.471 bits per heavy atom. The van der Waals surface area contributed by atoms with E-state index in [2.05, 4.69) is 31.3 Å². The first-order valence-electron chi connectivity index (χ1n) is 22.7. The van der Waals surface area contributed by atoms with Crippen LogP contribution in [0, 0.1) is 0 Å². The van der Waals surface area contributed by atoms with Crippen LogP contribution in [-0.4, -0.2) is 46.1 Å². The van der Waals surface area contributed by atoms with Crippen molar-refractivity contribution in [2.75, 3.05) is 6.61 Å². The summed E-state index contributed by atoms with van der Waals surface area (Å²) in [5.41, 5.74) is 0. The minimum absolute atomic E-state index is 0.373. The number of rotatable bonds is 41. The van der Waals surface area contributed by atoms with Crippen molar-refractivity contribution < 1.29 is 20.1 Å². The van der Waals surface area contributed by atoms with E-state index in [0.29, 0.717) is 6.42 Å². The second-order valence-electron chi connectivity index (χ2n) is 15.6. The highest BCUT2D eigenvalue weighted by molar-refractivity contribution is 5.80. The number of hydrogen-bond donors (Lipinski definition) is 4. The van der Waals surface area contributed by atoms with E-state index in [0.717, 1.165) is 38.5 Å². The summed E-state index contributed by atoms with van der Waals surface area (Å²) in [7, 11) is 0. The standard InChI is InChI=1S/C46H89NO4/c1-3-5-7-9-11-13-15-17-19-21-22-23-24-25-27-28-30-32-34-36-38-40-44(49)43(42-48)47-46(51)45(50)41-39-37-35-33-31-29-26-20-18-16-14-12-10-8-6-4-2/h30,32,38,40,43-45,48-50H,3-29,31,33-37,39,41-42H2,1-2H3,(H,47,51)/b32-30+,40-38+. The Morgan fingerprint density at radius 3 is 1.20 bits per heavy atom. The van der Waals surface area contributed by atoms with Crippen LogP contribution in [0.1, 0.15) is 239 Å². The molecule has 0 rings (SSSR count). The molecule has 1 amide bonds. The molecule has 0 heterocycles. The van der Waals surface area contributed by atoms with Crippen molar-refractivity contribution in [3.05, 3.63) is 24.3 Å². The third-order valence-corrected chi connectivity index (χ3v) is 10.5. The summed E-state index contributed by atoms with van der Waals surface area (Å²) in [5.74, 6) is -0.510. The molecule has 3 atom stereocenters. The number of unbranched alkanes of at least 4 members (excludes halogenated alkanes) is 31. The molecule has 0 spiro atoms. The van der Waals surface area contributed by atoms with Gasteiger partial charge in [-0.15, -0.1) is 0 Å². The number of aliphatic hydroxyl groups is 3. The average Bonchev–Trinajstić information content (AvgIpc) is 3.13. The number of hydrogen-bond acceptors (Lipinski definition) is 4. The molecule has 3 unspecified atom stereocenters. The lowest BCUT2D eigenvalue weighted by atomic mass is 10.0. The van der Waals surface area contributed by atoms with Crippen LogP contribution in [0.4, 0.5) is 0 Å². The summed E-state index contributed by atoms with van der Waals surface area (Å²) in [6.07, 6.45) is 50.7. The molecule has 0 radical (unpaired) electrons. The van der Waals surface area contributed by atoms with Gasteiger partial charge in [0.1, 0.15) is 6.10 Å². The molecule has 0 fully saturated rings. The number of nitrogens with one attached hydrogen (secondary N) is 1. The van der Waals surface area contributed by atoms with Gasteiger partial charge in [-0.05, 0) is 32.1 Å². The van der Waals surface area contributed by atoms with E-state index in [1.54, 1.807) is 6.08 Å². The fourth-order valence-corrected chi connectivity index (χ4v) is 6.97. The molecule has 5 nitrogen and oxygen atoms in total. The number of allylic oxidation sites excluding steroid dienone is 3. The smallest absolute Gasteiger partial charge is 0.249 e. The van der Waals surface area contributed by atoms with Gasteiger partial charge in [-0.1, -0.05) is 231 Å². The van der Waals surface area contributed by atoms with E-state index in [-0.39, 0.29) is 6.61 Å². The van der Waals surface area contributed by atoms with Gasteiger partial charge in [-0.25, -0.2) is 0 Å². The highest BCUT2D eigenvalue weighted by Crippen LogP contribution is 2.16. The number of carbonyl (C=O) groups excluding carboxylic acids is 1. The summed E-state index contributed by atoms with van der Waals surface area (Å²) in [5, 5.41) is 33.1. The van der Waals surface area contributed by atoms with E-state index in [9.17, 15) is 20.1 Å². The minimum Gasteiger partial charge on any atom is -0.394 e. The third-order valence-electron chi connectivity index (χ3n) is 10.5. The molecule has 0 aromatic carbocycles. The Morgan fingerprint density at radius 2 is 0.804 bits per heavy atom. The van der Waals surface area contributed by atoms with Gasteiger partial charge in [0.15, 0.2) is 0 Å². The van der Waals surface area contributed by atoms with Crippen LogP contribution in [0.2, 0.25) is 0 Å². The maximum Gasteiger partial charge on any atom is 0.249 e. The monoisotopic (exact) mass is 720 g/mol. The van der Waals surface area contributed by atoms with Gasteiger partial charge in [0, 0.05) is 0 Å². The molecule has 0 saturated carbocycles. The zero-order valence-corrected chi connectivity index (χ0v) is 34.2. The third kappa shape index (κ3) is 37.0. The molecule has 0 aliphatic rings. The van der Waals surface area contributed by atoms with Crippen molar-refractivity contribution in [2.45, 2.75) is 257 Å². The molecule has 302 valence electrons. The van der Waals surface area contributed by atoms with Gasteiger partial charge in [-0.3, -0.25) is 4.79 Å². The number of amides is 1. The zero-order chi connectivity index (χ0) is 37.3. The molecular formula is C46H89NO4. The van der Waals surface area contributed by atoms with E-state index >= 15 is 0 Å². The van der Waals surface area contributed by atoms with Crippen LogP contribution in [-0.2, 0) is 4.79 Å². The molecular weight excluding hydrogens is 631 g/mol. The van der Waals surface area contributed by atoms with Crippen molar-refractivity contribution >= 4 is 5.91 Å². The van der Waals surface area contributed by atoms with Gasteiger partial charge in [0.25, 0.3) is 0 Å². The van der Waals surface area contributed by atoms with Gasteiger partial charge in [0.2, 0.25) is 5.91 Å². The maximum atomic E-state index is 12.5. The first-order chi connectivity index (χ1) is 25.1. The second-order valence-corrected chi connectivity index (χ2v) is 15.6. The predicted octanol–water partition coefficient (Wildman–Crippen LogP) is 13.0. The Labute approximate surface area is 318 Å². The van der Waals surface area contributed by atoms with Crippen molar-refractivity contribution in [1.82, 2.24) is 5.32 Å². The first-order valence-corrected chi connectivity index (χ1v) is 22.7. The highest BCUT2D eigenvalue weighted by Gasteiger charge is 2.22. The molecule has 0 saturated heterocycles. The van der Waals surface area contributed by atoms with Crippen LogP contribution in [0.15, 0.2) is 24.3 Å². The fourth-order valence-electron chi connectivity index (χ4n) is 6.97. The molecule has 0 aromatic rings. The van der Waals surface area contributed by atoms with Crippen LogP contribution < -0.4 is 5.32 Å². The first kappa shape index (κ1) is 49.8. The van der Waals surface area contributed by atoms with Gasteiger partial charge in [0.05, 0.1) is 18.8 Å². The minimum atomic E-state index is -1.10. The largest absolute Gasteiger partial charge is 0.394 e. The highest BCUT2D eigenvalue weighted by atomic mass is 16.3. The van der Waals surface area contributed by atoms with Crippen molar-refractivity contribution in [3.63, 3.8) is 0 Å². The molecule has 0 aliphatic heterocycles. The van der Waals surface area contributed by atoms with Crippen LogP contribution in [0.3, 0.4) is 0 Å². The maximum absolute atomic E-state index is 12.5. The molecule has 0 aliphatic carbocycles. The summed E-state index contributed by atoms with van der Waals surface area (Å²) < 4.78 is 0. The van der Waals surface area contributed by atoms with Gasteiger partial charge in [-0.2, -0.15) is 0 Å². The van der Waals surface area contributed by atoms with Crippen LogP contribution in [0.25, 0.3) is 0 Å². The molecule has 0 bridgehead atoms. The van der Waals surface area contributed by atoms with Crippen LogP contribution >= 0.6 is 0 Å².